The van der Waals surface area contributed by atoms with Crippen LogP contribution in [0.15, 0.2) is 64.6 Å². The number of thiophene rings is 1. The molecule has 3 aromatic rings. The molecule has 1 N–H and O–H groups in total. The Morgan fingerprint density at radius 2 is 1.96 bits per heavy atom. The first kappa shape index (κ1) is 16.7. The van der Waals surface area contributed by atoms with Crippen LogP contribution >= 0.6 is 11.3 Å². The van der Waals surface area contributed by atoms with Gasteiger partial charge in [0.1, 0.15) is 0 Å². The molecule has 0 aliphatic rings. The van der Waals surface area contributed by atoms with Gasteiger partial charge in [-0.15, -0.1) is 11.3 Å². The molecule has 126 valence electrons. The summed E-state index contributed by atoms with van der Waals surface area (Å²) in [5.74, 6) is -1.22. The molecule has 2 aromatic heterocycles. The van der Waals surface area contributed by atoms with Gasteiger partial charge in [0.05, 0.1) is 16.7 Å². The van der Waals surface area contributed by atoms with Crippen molar-refractivity contribution in [2.45, 2.75) is 0 Å². The van der Waals surface area contributed by atoms with E-state index in [2.05, 4.69) is 5.32 Å². The second-order valence-corrected chi connectivity index (χ2v) is 5.94. The van der Waals surface area contributed by atoms with Crippen molar-refractivity contribution in [2.75, 3.05) is 11.9 Å². The first-order valence-electron chi connectivity index (χ1n) is 7.32. The SMILES string of the molecule is O=C(OCC(=O)c1ccco1)c1cccc(NC(=O)c2cccs2)c1. The molecule has 1 aromatic carbocycles. The number of hydrogen-bond donors (Lipinski definition) is 1. The van der Waals surface area contributed by atoms with Crippen LogP contribution in [-0.4, -0.2) is 24.3 Å². The summed E-state index contributed by atoms with van der Waals surface area (Å²) in [5.41, 5.74) is 0.696. The van der Waals surface area contributed by atoms with Crippen LogP contribution < -0.4 is 5.32 Å². The van der Waals surface area contributed by atoms with Gasteiger partial charge in [-0.1, -0.05) is 12.1 Å². The number of carbonyl (C=O) groups excluding carboxylic acids is 3. The molecule has 0 unspecified atom stereocenters. The minimum Gasteiger partial charge on any atom is -0.461 e. The first-order chi connectivity index (χ1) is 12.1. The lowest BCUT2D eigenvalue weighted by Gasteiger charge is -2.07. The Morgan fingerprint density at radius 1 is 1.08 bits per heavy atom. The highest BCUT2D eigenvalue weighted by Gasteiger charge is 2.14. The second kappa shape index (κ2) is 7.59. The van der Waals surface area contributed by atoms with Crippen LogP contribution in [0.3, 0.4) is 0 Å². The zero-order valence-corrected chi connectivity index (χ0v) is 13.7. The summed E-state index contributed by atoms with van der Waals surface area (Å²) in [5, 5.41) is 4.51. The van der Waals surface area contributed by atoms with Gasteiger partial charge in [0.2, 0.25) is 5.78 Å². The fourth-order valence-corrected chi connectivity index (χ4v) is 2.67. The normalized spacial score (nSPS) is 10.2. The number of Topliss-reactive ketones (excluding diaryl/α,β-unsaturated/α-hetero) is 1. The summed E-state index contributed by atoms with van der Waals surface area (Å²) in [6, 6.07) is 12.9. The highest BCUT2D eigenvalue weighted by atomic mass is 32.1. The molecule has 2 heterocycles. The minimum absolute atomic E-state index is 0.129. The van der Waals surface area contributed by atoms with Crippen LogP contribution in [0.25, 0.3) is 0 Å². The maximum atomic E-state index is 12.1. The monoisotopic (exact) mass is 355 g/mol. The largest absolute Gasteiger partial charge is 0.461 e. The van der Waals surface area contributed by atoms with E-state index in [0.29, 0.717) is 10.6 Å². The lowest BCUT2D eigenvalue weighted by atomic mass is 10.2. The Balaban J connectivity index is 1.61. The zero-order chi connectivity index (χ0) is 17.6. The number of benzene rings is 1. The minimum atomic E-state index is -0.660. The molecule has 0 radical (unpaired) electrons. The molecular formula is C18H13NO5S. The van der Waals surface area contributed by atoms with Crippen molar-refractivity contribution in [3.8, 4) is 0 Å². The third kappa shape index (κ3) is 4.21. The van der Waals surface area contributed by atoms with Crippen molar-refractivity contribution in [3.05, 3.63) is 76.4 Å². The van der Waals surface area contributed by atoms with Gasteiger partial charge < -0.3 is 14.5 Å². The van der Waals surface area contributed by atoms with E-state index in [9.17, 15) is 14.4 Å². The Labute approximate surface area is 147 Å². The van der Waals surface area contributed by atoms with E-state index in [0.717, 1.165) is 0 Å². The third-order valence-electron chi connectivity index (χ3n) is 3.23. The van der Waals surface area contributed by atoms with Gasteiger partial charge in [0.25, 0.3) is 5.91 Å². The van der Waals surface area contributed by atoms with Crippen LogP contribution in [-0.2, 0) is 4.74 Å². The van der Waals surface area contributed by atoms with Crippen LogP contribution in [0.5, 0.6) is 0 Å². The second-order valence-electron chi connectivity index (χ2n) is 4.99. The Kier molecular flexibility index (Phi) is 5.06. The number of amides is 1. The number of rotatable bonds is 6. The summed E-state index contributed by atoms with van der Waals surface area (Å²) in [6.07, 6.45) is 1.37. The standard InChI is InChI=1S/C18H13NO5S/c20-14(15-6-2-8-23-15)11-24-18(22)12-4-1-5-13(10-12)19-17(21)16-7-3-9-25-16/h1-10H,11H2,(H,19,21). The fraction of sp³-hybridized carbons (Fsp3) is 0.0556. The van der Waals surface area contributed by atoms with Gasteiger partial charge in [-0.05, 0) is 41.8 Å². The van der Waals surface area contributed by atoms with Gasteiger partial charge in [0.15, 0.2) is 12.4 Å². The third-order valence-corrected chi connectivity index (χ3v) is 4.10. The van der Waals surface area contributed by atoms with Crippen LogP contribution in [0.2, 0.25) is 0 Å². The van der Waals surface area contributed by atoms with E-state index in [1.807, 2.05) is 0 Å². The van der Waals surface area contributed by atoms with E-state index in [4.69, 9.17) is 9.15 Å². The number of nitrogens with one attached hydrogen (secondary N) is 1. The molecule has 6 nitrogen and oxygen atoms in total. The van der Waals surface area contributed by atoms with E-state index >= 15 is 0 Å². The lowest BCUT2D eigenvalue weighted by Crippen LogP contribution is -2.14. The molecule has 0 fully saturated rings. The summed E-state index contributed by atoms with van der Waals surface area (Å²) in [6.45, 7) is -0.419. The molecule has 0 aliphatic heterocycles. The van der Waals surface area contributed by atoms with Gasteiger partial charge >= 0.3 is 5.97 Å². The number of carbonyl (C=O) groups is 3. The molecule has 25 heavy (non-hydrogen) atoms. The van der Waals surface area contributed by atoms with Crippen molar-refractivity contribution in [2.24, 2.45) is 0 Å². The van der Waals surface area contributed by atoms with Crippen LogP contribution in [0.1, 0.15) is 30.6 Å². The van der Waals surface area contributed by atoms with Crippen LogP contribution in [0.4, 0.5) is 5.69 Å². The van der Waals surface area contributed by atoms with Gasteiger partial charge in [0, 0.05) is 5.69 Å². The van der Waals surface area contributed by atoms with Gasteiger partial charge in [-0.2, -0.15) is 0 Å². The number of ketones is 1. The molecule has 0 spiro atoms. The predicted molar refractivity (Wildman–Crippen MR) is 92.0 cm³/mol. The Bertz CT molecular complexity index is 884. The predicted octanol–water partition coefficient (Wildman–Crippen LogP) is 3.63. The number of anilines is 1. The van der Waals surface area contributed by atoms with Crippen molar-refractivity contribution in [1.82, 2.24) is 0 Å². The summed E-state index contributed by atoms with van der Waals surface area (Å²) in [4.78, 5) is 36.4. The molecule has 1 amide bonds. The van der Waals surface area contributed by atoms with Gasteiger partial charge in [-0.25, -0.2) is 4.79 Å². The highest BCUT2D eigenvalue weighted by molar-refractivity contribution is 7.12. The fourth-order valence-electron chi connectivity index (χ4n) is 2.05. The smallest absolute Gasteiger partial charge is 0.338 e. The molecule has 7 heteroatoms. The number of ether oxygens (including phenoxy) is 1. The highest BCUT2D eigenvalue weighted by Crippen LogP contribution is 2.15. The quantitative estimate of drug-likeness (QED) is 0.539. The molecular weight excluding hydrogens is 342 g/mol. The number of esters is 1. The molecule has 0 saturated carbocycles. The average molecular weight is 355 g/mol. The summed E-state index contributed by atoms with van der Waals surface area (Å²) in [7, 11) is 0. The van der Waals surface area contributed by atoms with Crippen molar-refractivity contribution in [1.29, 1.82) is 0 Å². The number of furan rings is 1. The van der Waals surface area contributed by atoms with Crippen LogP contribution in [0, 0.1) is 0 Å². The molecule has 0 aliphatic carbocycles. The van der Waals surface area contributed by atoms with E-state index in [-0.39, 0.29) is 17.2 Å². The molecule has 3 rings (SSSR count). The lowest BCUT2D eigenvalue weighted by molar-refractivity contribution is 0.0468. The van der Waals surface area contributed by atoms with Crippen molar-refractivity contribution in [3.63, 3.8) is 0 Å². The maximum absolute atomic E-state index is 12.1. The Morgan fingerprint density at radius 3 is 2.68 bits per heavy atom. The van der Waals surface area contributed by atoms with E-state index in [1.54, 1.807) is 41.8 Å². The van der Waals surface area contributed by atoms with E-state index in [1.165, 1.54) is 29.7 Å². The Hall–Kier alpha value is -3.19. The van der Waals surface area contributed by atoms with E-state index < -0.39 is 18.4 Å². The maximum Gasteiger partial charge on any atom is 0.338 e. The van der Waals surface area contributed by atoms with Gasteiger partial charge in [-0.3, -0.25) is 9.59 Å². The first-order valence-corrected chi connectivity index (χ1v) is 8.20. The summed E-state index contributed by atoms with van der Waals surface area (Å²) < 4.78 is 9.93. The molecule has 0 saturated heterocycles. The van der Waals surface area contributed by atoms with Crippen molar-refractivity contribution < 1.29 is 23.5 Å². The molecule has 0 bridgehead atoms. The molecule has 0 atom stereocenters. The topological polar surface area (TPSA) is 85.6 Å². The van der Waals surface area contributed by atoms with Crippen molar-refractivity contribution >= 4 is 34.7 Å². The zero-order valence-electron chi connectivity index (χ0n) is 12.9. The number of hydrogen-bond acceptors (Lipinski definition) is 6. The average Bonchev–Trinajstić information content (AvgIpc) is 3.33. The summed E-state index contributed by atoms with van der Waals surface area (Å²) >= 11 is 1.32.